The van der Waals surface area contributed by atoms with Crippen LogP contribution in [0.15, 0.2) is 12.2 Å². The second kappa shape index (κ2) is 5.28. The number of ether oxygens (including phenoxy) is 3. The van der Waals surface area contributed by atoms with Crippen molar-refractivity contribution in [3.63, 3.8) is 0 Å². The molecule has 0 aromatic rings. The molecule has 86 valence electrons. The molecule has 1 saturated heterocycles. The van der Waals surface area contributed by atoms with Gasteiger partial charge in [0.1, 0.15) is 0 Å². The molecule has 0 aliphatic carbocycles. The number of esters is 1. The molecule has 0 aromatic heterocycles. The molecule has 1 atom stereocenters. The first-order chi connectivity index (χ1) is 7.03. The van der Waals surface area contributed by atoms with E-state index in [9.17, 15) is 4.79 Å². The van der Waals surface area contributed by atoms with Gasteiger partial charge in [-0.3, -0.25) is 0 Å². The summed E-state index contributed by atoms with van der Waals surface area (Å²) in [6, 6.07) is 0. The Hall–Kier alpha value is -0.870. The van der Waals surface area contributed by atoms with E-state index in [0.29, 0.717) is 13.2 Å². The normalized spacial score (nSPS) is 25.4. The lowest BCUT2D eigenvalue weighted by Crippen LogP contribution is -2.38. The van der Waals surface area contributed by atoms with Crippen LogP contribution in [0.1, 0.15) is 27.2 Å². The topological polar surface area (TPSA) is 44.8 Å². The Bertz CT molecular complexity index is 245. The van der Waals surface area contributed by atoms with Gasteiger partial charge < -0.3 is 14.2 Å². The van der Waals surface area contributed by atoms with Crippen LogP contribution < -0.4 is 0 Å². The van der Waals surface area contributed by atoms with Crippen LogP contribution in [0.2, 0.25) is 0 Å². The monoisotopic (exact) mass is 214 g/mol. The molecule has 0 unspecified atom stereocenters. The van der Waals surface area contributed by atoms with Crippen molar-refractivity contribution in [2.45, 2.75) is 39.1 Å². The third-order valence-corrected chi connectivity index (χ3v) is 2.02. The second-order valence-corrected chi connectivity index (χ2v) is 3.80. The third-order valence-electron chi connectivity index (χ3n) is 2.02. The average molecular weight is 214 g/mol. The second-order valence-electron chi connectivity index (χ2n) is 3.80. The number of hydrogen-bond donors (Lipinski definition) is 0. The maximum atomic E-state index is 11.1. The first-order valence-electron chi connectivity index (χ1n) is 5.20. The van der Waals surface area contributed by atoms with Crippen molar-refractivity contribution in [3.05, 3.63) is 12.2 Å². The Morgan fingerprint density at radius 1 is 1.60 bits per heavy atom. The number of rotatable bonds is 3. The molecular weight excluding hydrogens is 196 g/mol. The predicted molar refractivity (Wildman–Crippen MR) is 55.3 cm³/mol. The van der Waals surface area contributed by atoms with E-state index in [0.717, 1.165) is 6.42 Å². The van der Waals surface area contributed by atoms with E-state index in [4.69, 9.17) is 14.2 Å². The van der Waals surface area contributed by atoms with Gasteiger partial charge in [-0.2, -0.15) is 0 Å². The quantitative estimate of drug-likeness (QED) is 0.529. The summed E-state index contributed by atoms with van der Waals surface area (Å²) in [6.07, 6.45) is 3.83. The lowest BCUT2D eigenvalue weighted by Gasteiger charge is -2.34. The van der Waals surface area contributed by atoms with Crippen LogP contribution in [0.25, 0.3) is 0 Å². The minimum atomic E-state index is -0.568. The summed E-state index contributed by atoms with van der Waals surface area (Å²) in [7, 11) is 0. The summed E-state index contributed by atoms with van der Waals surface area (Å²) in [5, 5.41) is 0. The summed E-state index contributed by atoms with van der Waals surface area (Å²) in [5.41, 5.74) is 0. The van der Waals surface area contributed by atoms with Crippen molar-refractivity contribution >= 4 is 5.97 Å². The Labute approximate surface area is 90.2 Å². The van der Waals surface area contributed by atoms with Crippen LogP contribution in [-0.4, -0.2) is 31.1 Å². The van der Waals surface area contributed by atoms with Gasteiger partial charge in [0.25, 0.3) is 0 Å². The van der Waals surface area contributed by atoms with E-state index in [1.165, 1.54) is 6.08 Å². The van der Waals surface area contributed by atoms with E-state index in [2.05, 4.69) is 0 Å². The summed E-state index contributed by atoms with van der Waals surface area (Å²) >= 11 is 0. The molecule has 0 spiro atoms. The Morgan fingerprint density at radius 2 is 2.33 bits per heavy atom. The van der Waals surface area contributed by atoms with Gasteiger partial charge in [-0.15, -0.1) is 0 Å². The van der Waals surface area contributed by atoms with Gasteiger partial charge >= 0.3 is 5.97 Å². The van der Waals surface area contributed by atoms with E-state index in [1.54, 1.807) is 13.0 Å². The largest absolute Gasteiger partial charge is 0.463 e. The average Bonchev–Trinajstić information content (AvgIpc) is 2.14. The summed E-state index contributed by atoms with van der Waals surface area (Å²) in [5.74, 6) is -0.896. The van der Waals surface area contributed by atoms with Crippen LogP contribution in [0.5, 0.6) is 0 Å². The molecule has 0 aromatic carbocycles. The molecule has 4 nitrogen and oxygen atoms in total. The molecule has 1 heterocycles. The van der Waals surface area contributed by atoms with E-state index in [-0.39, 0.29) is 12.1 Å². The van der Waals surface area contributed by atoms with Gasteiger partial charge in [0, 0.05) is 12.5 Å². The van der Waals surface area contributed by atoms with Crippen LogP contribution in [0, 0.1) is 0 Å². The molecule has 0 bridgehead atoms. The number of carbonyl (C=O) groups is 1. The highest BCUT2D eigenvalue weighted by atomic mass is 16.7. The van der Waals surface area contributed by atoms with Crippen LogP contribution in [0.4, 0.5) is 0 Å². The Balaban J connectivity index is 2.41. The Kier molecular flexibility index (Phi) is 4.29. The van der Waals surface area contributed by atoms with E-state index < -0.39 is 5.79 Å². The van der Waals surface area contributed by atoms with Crippen molar-refractivity contribution < 1.29 is 19.0 Å². The van der Waals surface area contributed by atoms with Gasteiger partial charge in [-0.1, -0.05) is 0 Å². The van der Waals surface area contributed by atoms with Crippen molar-refractivity contribution in [2.75, 3.05) is 13.2 Å². The minimum absolute atomic E-state index is 0.0712. The zero-order chi connectivity index (χ0) is 11.3. The maximum Gasteiger partial charge on any atom is 0.330 e. The van der Waals surface area contributed by atoms with Crippen LogP contribution in [-0.2, 0) is 19.0 Å². The van der Waals surface area contributed by atoms with E-state index >= 15 is 0 Å². The van der Waals surface area contributed by atoms with Crippen molar-refractivity contribution in [1.82, 2.24) is 0 Å². The lowest BCUT2D eigenvalue weighted by molar-refractivity contribution is -0.262. The summed E-state index contributed by atoms with van der Waals surface area (Å²) < 4.78 is 15.7. The molecule has 0 radical (unpaired) electrons. The molecule has 0 amide bonds. The van der Waals surface area contributed by atoms with Gasteiger partial charge in [0.2, 0.25) is 0 Å². The fourth-order valence-electron chi connectivity index (χ4n) is 1.39. The number of hydrogen-bond acceptors (Lipinski definition) is 4. The molecule has 4 heteroatoms. The van der Waals surface area contributed by atoms with Crippen molar-refractivity contribution in [2.24, 2.45) is 0 Å². The molecule has 1 rings (SSSR count). The lowest BCUT2D eigenvalue weighted by atomic mass is 10.2. The molecule has 1 fully saturated rings. The Morgan fingerprint density at radius 3 is 2.93 bits per heavy atom. The minimum Gasteiger partial charge on any atom is -0.463 e. The van der Waals surface area contributed by atoms with Gasteiger partial charge in [-0.25, -0.2) is 4.79 Å². The molecule has 1 aliphatic heterocycles. The maximum absolute atomic E-state index is 11.1. The highest BCUT2D eigenvalue weighted by Gasteiger charge is 2.27. The SMILES string of the molecule is CCOC(=O)/C=C\[C@@H]1CCOC(C)(C)O1. The van der Waals surface area contributed by atoms with Gasteiger partial charge in [-0.05, 0) is 26.8 Å². The molecule has 1 aliphatic rings. The first-order valence-corrected chi connectivity index (χ1v) is 5.20. The van der Waals surface area contributed by atoms with Crippen LogP contribution in [0.3, 0.4) is 0 Å². The van der Waals surface area contributed by atoms with Crippen molar-refractivity contribution in [1.29, 1.82) is 0 Å². The van der Waals surface area contributed by atoms with Crippen molar-refractivity contribution in [3.8, 4) is 0 Å². The van der Waals surface area contributed by atoms with E-state index in [1.807, 2.05) is 13.8 Å². The third kappa shape index (κ3) is 4.44. The molecule has 15 heavy (non-hydrogen) atoms. The summed E-state index contributed by atoms with van der Waals surface area (Å²) in [6.45, 7) is 6.53. The zero-order valence-corrected chi connectivity index (χ0v) is 9.49. The van der Waals surface area contributed by atoms with Gasteiger partial charge in [0.15, 0.2) is 5.79 Å². The standard InChI is InChI=1S/C11H18O4/c1-4-13-10(12)6-5-9-7-8-14-11(2,3)15-9/h5-6,9H,4,7-8H2,1-3H3/b6-5-/t9-/m1/s1. The van der Waals surface area contributed by atoms with Crippen LogP contribution >= 0.6 is 0 Å². The highest BCUT2D eigenvalue weighted by Crippen LogP contribution is 2.22. The number of carbonyl (C=O) groups excluding carboxylic acids is 1. The molecule has 0 saturated carbocycles. The fraction of sp³-hybridized carbons (Fsp3) is 0.727. The predicted octanol–water partition coefficient (Wildman–Crippen LogP) is 1.65. The highest BCUT2D eigenvalue weighted by molar-refractivity contribution is 5.81. The smallest absolute Gasteiger partial charge is 0.330 e. The zero-order valence-electron chi connectivity index (χ0n) is 9.49. The molecule has 0 N–H and O–H groups in total. The fourth-order valence-corrected chi connectivity index (χ4v) is 1.39. The molecular formula is C11H18O4. The van der Waals surface area contributed by atoms with Gasteiger partial charge in [0.05, 0.1) is 19.3 Å². The first kappa shape index (κ1) is 12.2. The summed E-state index contributed by atoms with van der Waals surface area (Å²) in [4.78, 5) is 11.1.